The lowest BCUT2D eigenvalue weighted by Gasteiger charge is -2.09. The van der Waals surface area contributed by atoms with E-state index in [4.69, 9.17) is 4.74 Å². The van der Waals surface area contributed by atoms with Gasteiger partial charge < -0.3 is 4.74 Å². The minimum Gasteiger partial charge on any atom is -0.466 e. The summed E-state index contributed by atoms with van der Waals surface area (Å²) >= 11 is 0. The Morgan fingerprint density at radius 1 is 1.04 bits per heavy atom. The molecule has 8 heteroatoms. The average molecular weight is 375 g/mol. The van der Waals surface area contributed by atoms with Crippen molar-refractivity contribution in [2.45, 2.75) is 25.2 Å². The van der Waals surface area contributed by atoms with E-state index in [-0.39, 0.29) is 17.3 Å². The number of rotatable bonds is 8. The Morgan fingerprint density at radius 3 is 2.31 bits per heavy atom. The molecule has 0 amide bonds. The van der Waals surface area contributed by atoms with Crippen LogP contribution < -0.4 is 10.1 Å². The molecular weight excluding hydrogens is 354 g/mol. The van der Waals surface area contributed by atoms with E-state index >= 15 is 0 Å². The quantitative estimate of drug-likeness (QED) is 0.419. The smallest absolute Gasteiger partial charge is 0.311 e. The number of anilines is 2. The van der Waals surface area contributed by atoms with Gasteiger partial charge in [-0.3, -0.25) is 14.9 Å². The van der Waals surface area contributed by atoms with Crippen LogP contribution in [0.5, 0.6) is 0 Å². The fourth-order valence-corrected chi connectivity index (χ4v) is 3.11. The molecule has 0 radical (unpaired) electrons. The summed E-state index contributed by atoms with van der Waals surface area (Å²) in [6.07, 6.45) is 0.0916. The van der Waals surface area contributed by atoms with Gasteiger partial charge in [0.1, 0.15) is 0 Å². The molecule has 2 aromatic rings. The highest BCUT2D eigenvalue weighted by Crippen LogP contribution is 2.18. The summed E-state index contributed by atoms with van der Waals surface area (Å²) in [7, 11) is -3.66. The van der Waals surface area contributed by atoms with Gasteiger partial charge in [0.2, 0.25) is 0 Å². The van der Waals surface area contributed by atoms with Crippen LogP contribution in [0, 0.1) is 0 Å². The van der Waals surface area contributed by atoms with Crippen molar-refractivity contribution in [2.75, 3.05) is 16.8 Å². The average Bonchev–Trinajstić information content (AvgIpc) is 2.61. The summed E-state index contributed by atoms with van der Waals surface area (Å²) in [4.78, 5) is 11.5. The van der Waals surface area contributed by atoms with Crippen molar-refractivity contribution in [1.82, 2.24) is 0 Å². The number of ether oxygens (including phenoxy) is 1. The van der Waals surface area contributed by atoms with Crippen molar-refractivity contribution in [3.05, 3.63) is 54.6 Å². The number of esters is 1. The maximum Gasteiger partial charge on any atom is 0.311 e. The van der Waals surface area contributed by atoms with Crippen LogP contribution >= 0.6 is 0 Å². The number of sulfonamides is 1. The van der Waals surface area contributed by atoms with Crippen LogP contribution in [0.3, 0.4) is 0 Å². The predicted octanol–water partition coefficient (Wildman–Crippen LogP) is 3.23. The van der Waals surface area contributed by atoms with Crippen molar-refractivity contribution < 1.29 is 17.9 Å². The summed E-state index contributed by atoms with van der Waals surface area (Å²) in [5, 5.41) is 4.08. The summed E-state index contributed by atoms with van der Waals surface area (Å²) in [6.45, 7) is 3.77. The first-order chi connectivity index (χ1) is 12.4. The highest BCUT2D eigenvalue weighted by atomic mass is 32.2. The molecule has 0 saturated heterocycles. The van der Waals surface area contributed by atoms with Gasteiger partial charge in [-0.15, -0.1) is 0 Å². The topological polar surface area (TPSA) is 96.9 Å². The number of hydrogen-bond donors (Lipinski definition) is 2. The van der Waals surface area contributed by atoms with E-state index < -0.39 is 10.0 Å². The minimum absolute atomic E-state index is 0.0916. The molecule has 0 aliphatic rings. The van der Waals surface area contributed by atoms with Gasteiger partial charge in [-0.1, -0.05) is 18.2 Å². The highest BCUT2D eigenvalue weighted by molar-refractivity contribution is 7.92. The first-order valence-electron chi connectivity index (χ1n) is 8.03. The number of carbonyl (C=O) groups excluding carboxylic acids is 1. The van der Waals surface area contributed by atoms with E-state index in [0.29, 0.717) is 23.7 Å². The van der Waals surface area contributed by atoms with Gasteiger partial charge in [-0.2, -0.15) is 5.10 Å². The predicted molar refractivity (Wildman–Crippen MR) is 102 cm³/mol. The molecule has 0 spiro atoms. The van der Waals surface area contributed by atoms with E-state index in [1.54, 1.807) is 50.2 Å². The first-order valence-corrected chi connectivity index (χ1v) is 9.52. The summed E-state index contributed by atoms with van der Waals surface area (Å²) in [6, 6.07) is 14.8. The molecule has 0 atom stereocenters. The Hall–Kier alpha value is -2.87. The lowest BCUT2D eigenvalue weighted by molar-refractivity contribution is -0.141. The SMILES string of the molecule is CCOC(=O)C/C(C)=N/Nc1ccc(S(=O)(=O)Nc2ccccc2)cc1. The number of nitrogens with one attached hydrogen (secondary N) is 2. The number of carbonyl (C=O) groups is 1. The van der Waals surface area contributed by atoms with E-state index in [1.165, 1.54) is 12.1 Å². The van der Waals surface area contributed by atoms with Crippen molar-refractivity contribution in [1.29, 1.82) is 0 Å². The Balaban J connectivity index is 2.00. The third-order valence-electron chi connectivity index (χ3n) is 3.27. The second-order valence-electron chi connectivity index (χ2n) is 5.44. The van der Waals surface area contributed by atoms with Crippen molar-refractivity contribution >= 4 is 33.1 Å². The van der Waals surface area contributed by atoms with Crippen LogP contribution in [-0.2, 0) is 19.6 Å². The van der Waals surface area contributed by atoms with Crippen molar-refractivity contribution in [3.63, 3.8) is 0 Å². The number of nitrogens with zero attached hydrogens (tertiary/aromatic N) is 1. The van der Waals surface area contributed by atoms with Crippen LogP contribution in [0.1, 0.15) is 20.3 Å². The fourth-order valence-electron chi connectivity index (χ4n) is 2.05. The first kappa shape index (κ1) is 19.5. The molecule has 0 bridgehead atoms. The molecule has 0 aliphatic heterocycles. The number of hydrogen-bond acceptors (Lipinski definition) is 6. The lowest BCUT2D eigenvalue weighted by Crippen LogP contribution is -2.12. The summed E-state index contributed by atoms with van der Waals surface area (Å²) in [5.41, 5.74) is 4.44. The van der Waals surface area contributed by atoms with Gasteiger partial charge >= 0.3 is 5.97 Å². The van der Waals surface area contributed by atoms with Crippen LogP contribution in [0.15, 0.2) is 64.6 Å². The molecule has 0 fully saturated rings. The van der Waals surface area contributed by atoms with Crippen LogP contribution in [-0.4, -0.2) is 26.7 Å². The molecule has 0 aliphatic carbocycles. The molecule has 2 rings (SSSR count). The Bertz CT molecular complexity index is 863. The summed E-state index contributed by atoms with van der Waals surface area (Å²) < 4.78 is 32.1. The second-order valence-corrected chi connectivity index (χ2v) is 7.12. The maximum absolute atomic E-state index is 12.4. The minimum atomic E-state index is -3.66. The lowest BCUT2D eigenvalue weighted by atomic mass is 10.3. The largest absolute Gasteiger partial charge is 0.466 e. The van der Waals surface area contributed by atoms with Gasteiger partial charge in [0.05, 0.1) is 23.6 Å². The molecule has 0 heterocycles. The van der Waals surface area contributed by atoms with Crippen molar-refractivity contribution in [2.24, 2.45) is 5.10 Å². The molecule has 26 heavy (non-hydrogen) atoms. The molecule has 2 N–H and O–H groups in total. The zero-order chi connectivity index (χ0) is 19.0. The molecule has 138 valence electrons. The van der Waals surface area contributed by atoms with Gasteiger partial charge in [0, 0.05) is 11.4 Å². The second kappa shape index (κ2) is 9.00. The molecule has 0 aromatic heterocycles. The van der Waals surface area contributed by atoms with Gasteiger partial charge in [0.25, 0.3) is 10.0 Å². The number of para-hydroxylation sites is 1. The van der Waals surface area contributed by atoms with E-state index in [9.17, 15) is 13.2 Å². The van der Waals surface area contributed by atoms with Gasteiger partial charge in [-0.05, 0) is 50.2 Å². The number of benzene rings is 2. The fraction of sp³-hybridized carbons (Fsp3) is 0.222. The Morgan fingerprint density at radius 2 is 1.69 bits per heavy atom. The Kier molecular flexibility index (Phi) is 6.74. The van der Waals surface area contributed by atoms with E-state index in [1.807, 2.05) is 6.07 Å². The van der Waals surface area contributed by atoms with E-state index in [2.05, 4.69) is 15.2 Å². The molecule has 0 unspecified atom stereocenters. The maximum atomic E-state index is 12.4. The van der Waals surface area contributed by atoms with Crippen molar-refractivity contribution in [3.8, 4) is 0 Å². The van der Waals surface area contributed by atoms with Gasteiger partial charge in [-0.25, -0.2) is 8.42 Å². The monoisotopic (exact) mass is 375 g/mol. The highest BCUT2D eigenvalue weighted by Gasteiger charge is 2.13. The van der Waals surface area contributed by atoms with Crippen LogP contribution in [0.25, 0.3) is 0 Å². The van der Waals surface area contributed by atoms with E-state index in [0.717, 1.165) is 0 Å². The normalized spacial score (nSPS) is 11.7. The summed E-state index contributed by atoms with van der Waals surface area (Å²) in [5.74, 6) is -0.344. The Labute approximate surface area is 153 Å². The molecular formula is C18H21N3O4S. The van der Waals surface area contributed by atoms with Gasteiger partial charge in [0.15, 0.2) is 0 Å². The third kappa shape index (κ3) is 5.89. The van der Waals surface area contributed by atoms with Crippen LogP contribution in [0.4, 0.5) is 11.4 Å². The molecule has 0 saturated carbocycles. The zero-order valence-electron chi connectivity index (χ0n) is 14.6. The molecule has 7 nitrogen and oxygen atoms in total. The van der Waals surface area contributed by atoms with Crippen LogP contribution in [0.2, 0.25) is 0 Å². The standard InChI is InChI=1S/C18H21N3O4S/c1-3-25-18(22)13-14(2)19-20-15-9-11-17(12-10-15)26(23,24)21-16-7-5-4-6-8-16/h4-12,20-21H,3,13H2,1-2H3/b19-14+. The molecule has 2 aromatic carbocycles. The third-order valence-corrected chi connectivity index (χ3v) is 4.67. The zero-order valence-corrected chi connectivity index (χ0v) is 15.4. The number of hydrazone groups is 1.